The molecular weight excluding hydrogens is 210 g/mol. The number of hydrogen-bond acceptors (Lipinski definition) is 2. The van der Waals surface area contributed by atoms with E-state index in [-0.39, 0.29) is 5.38 Å². The highest BCUT2D eigenvalue weighted by atomic mass is 35.5. The van der Waals surface area contributed by atoms with E-state index in [9.17, 15) is 0 Å². The van der Waals surface area contributed by atoms with Gasteiger partial charge in [-0.1, -0.05) is 23.4 Å². The van der Waals surface area contributed by atoms with Crippen LogP contribution in [0.2, 0.25) is 0 Å². The SMILES string of the molecule is Cc1ccccc1-n1nncc1C(C)Cl. The molecule has 1 atom stereocenters. The van der Waals surface area contributed by atoms with Crippen molar-refractivity contribution in [3.05, 3.63) is 41.7 Å². The van der Waals surface area contributed by atoms with E-state index in [1.807, 2.05) is 38.1 Å². The Morgan fingerprint density at radius 1 is 1.33 bits per heavy atom. The number of rotatable bonds is 2. The molecular formula is C11H12ClN3. The summed E-state index contributed by atoms with van der Waals surface area (Å²) >= 11 is 6.05. The molecule has 0 fully saturated rings. The van der Waals surface area contributed by atoms with Crippen molar-refractivity contribution in [2.75, 3.05) is 0 Å². The molecule has 0 spiro atoms. The van der Waals surface area contributed by atoms with Crippen LogP contribution in [0.1, 0.15) is 23.6 Å². The predicted octanol–water partition coefficient (Wildman–Crippen LogP) is 2.88. The average molecular weight is 222 g/mol. The quantitative estimate of drug-likeness (QED) is 0.731. The summed E-state index contributed by atoms with van der Waals surface area (Å²) in [6.45, 7) is 3.95. The third kappa shape index (κ3) is 1.88. The zero-order valence-corrected chi connectivity index (χ0v) is 9.44. The Morgan fingerprint density at radius 3 is 2.73 bits per heavy atom. The molecule has 0 saturated carbocycles. The van der Waals surface area contributed by atoms with Crippen LogP contribution in [0, 0.1) is 6.92 Å². The van der Waals surface area contributed by atoms with E-state index >= 15 is 0 Å². The van der Waals surface area contributed by atoms with Crippen molar-refractivity contribution in [1.29, 1.82) is 0 Å². The molecule has 78 valence electrons. The van der Waals surface area contributed by atoms with Crippen molar-refractivity contribution in [1.82, 2.24) is 15.0 Å². The zero-order valence-electron chi connectivity index (χ0n) is 8.68. The summed E-state index contributed by atoms with van der Waals surface area (Å²) < 4.78 is 1.78. The first-order chi connectivity index (χ1) is 7.20. The number of aromatic nitrogens is 3. The molecule has 0 N–H and O–H groups in total. The lowest BCUT2D eigenvalue weighted by Crippen LogP contribution is -2.04. The Balaban J connectivity index is 2.55. The van der Waals surface area contributed by atoms with Crippen LogP contribution in [0.25, 0.3) is 5.69 Å². The van der Waals surface area contributed by atoms with Gasteiger partial charge in [0, 0.05) is 0 Å². The van der Waals surface area contributed by atoms with Gasteiger partial charge in [0.15, 0.2) is 0 Å². The Hall–Kier alpha value is -1.35. The first-order valence-corrected chi connectivity index (χ1v) is 5.24. The lowest BCUT2D eigenvalue weighted by atomic mass is 10.2. The van der Waals surface area contributed by atoms with Crippen LogP contribution in [-0.2, 0) is 0 Å². The molecule has 2 rings (SSSR count). The molecule has 2 aromatic rings. The van der Waals surface area contributed by atoms with E-state index in [0.29, 0.717) is 0 Å². The van der Waals surface area contributed by atoms with Crippen molar-refractivity contribution < 1.29 is 0 Å². The normalized spacial score (nSPS) is 12.7. The van der Waals surface area contributed by atoms with E-state index in [1.54, 1.807) is 10.9 Å². The van der Waals surface area contributed by atoms with Crippen molar-refractivity contribution in [2.45, 2.75) is 19.2 Å². The minimum Gasteiger partial charge on any atom is -0.216 e. The van der Waals surface area contributed by atoms with Crippen molar-refractivity contribution >= 4 is 11.6 Å². The maximum atomic E-state index is 6.05. The van der Waals surface area contributed by atoms with Crippen LogP contribution in [0.3, 0.4) is 0 Å². The summed E-state index contributed by atoms with van der Waals surface area (Å²) in [6, 6.07) is 8.03. The summed E-state index contributed by atoms with van der Waals surface area (Å²) in [5.74, 6) is 0. The van der Waals surface area contributed by atoms with Crippen molar-refractivity contribution in [3.63, 3.8) is 0 Å². The van der Waals surface area contributed by atoms with Gasteiger partial charge in [-0.15, -0.1) is 16.7 Å². The molecule has 1 heterocycles. The van der Waals surface area contributed by atoms with Crippen LogP contribution >= 0.6 is 11.6 Å². The second kappa shape index (κ2) is 4.03. The zero-order chi connectivity index (χ0) is 10.8. The fraction of sp³-hybridized carbons (Fsp3) is 0.273. The van der Waals surface area contributed by atoms with E-state index in [0.717, 1.165) is 16.9 Å². The molecule has 0 aliphatic rings. The van der Waals surface area contributed by atoms with E-state index < -0.39 is 0 Å². The summed E-state index contributed by atoms with van der Waals surface area (Å²) in [6.07, 6.45) is 1.70. The van der Waals surface area contributed by atoms with Crippen LogP contribution in [0.5, 0.6) is 0 Å². The van der Waals surface area contributed by atoms with Gasteiger partial charge in [0.05, 0.1) is 23.0 Å². The summed E-state index contributed by atoms with van der Waals surface area (Å²) in [7, 11) is 0. The Bertz CT molecular complexity index is 462. The maximum absolute atomic E-state index is 6.05. The fourth-order valence-electron chi connectivity index (χ4n) is 1.50. The molecule has 0 saturated heterocycles. The smallest absolute Gasteiger partial charge is 0.0821 e. The third-order valence-electron chi connectivity index (χ3n) is 2.33. The van der Waals surface area contributed by atoms with Gasteiger partial charge in [0.2, 0.25) is 0 Å². The van der Waals surface area contributed by atoms with Gasteiger partial charge in [0.1, 0.15) is 0 Å². The lowest BCUT2D eigenvalue weighted by molar-refractivity contribution is 0.757. The van der Waals surface area contributed by atoms with Crippen LogP contribution in [-0.4, -0.2) is 15.0 Å². The van der Waals surface area contributed by atoms with Gasteiger partial charge in [-0.25, -0.2) is 4.68 Å². The first kappa shape index (κ1) is 10.2. The molecule has 4 heteroatoms. The molecule has 0 radical (unpaired) electrons. The van der Waals surface area contributed by atoms with Crippen molar-refractivity contribution in [2.24, 2.45) is 0 Å². The second-order valence-corrected chi connectivity index (χ2v) is 4.13. The number of hydrogen-bond donors (Lipinski definition) is 0. The molecule has 1 unspecified atom stereocenters. The maximum Gasteiger partial charge on any atom is 0.0821 e. The van der Waals surface area contributed by atoms with E-state index in [2.05, 4.69) is 10.3 Å². The largest absolute Gasteiger partial charge is 0.216 e. The number of halogens is 1. The minimum absolute atomic E-state index is 0.0976. The highest BCUT2D eigenvalue weighted by Crippen LogP contribution is 2.22. The van der Waals surface area contributed by atoms with Crippen LogP contribution in [0.4, 0.5) is 0 Å². The topological polar surface area (TPSA) is 30.7 Å². The van der Waals surface area contributed by atoms with Gasteiger partial charge in [-0.05, 0) is 25.5 Å². The average Bonchev–Trinajstić information content (AvgIpc) is 2.67. The van der Waals surface area contributed by atoms with Gasteiger partial charge in [-0.3, -0.25) is 0 Å². The predicted molar refractivity (Wildman–Crippen MR) is 60.4 cm³/mol. The number of nitrogens with zero attached hydrogens (tertiary/aromatic N) is 3. The van der Waals surface area contributed by atoms with Gasteiger partial charge >= 0.3 is 0 Å². The van der Waals surface area contributed by atoms with E-state index in [4.69, 9.17) is 11.6 Å². The molecule has 0 aliphatic heterocycles. The third-order valence-corrected chi connectivity index (χ3v) is 2.55. The molecule has 0 bridgehead atoms. The Labute approximate surface area is 93.7 Å². The van der Waals surface area contributed by atoms with Crippen LogP contribution < -0.4 is 0 Å². The molecule has 15 heavy (non-hydrogen) atoms. The van der Waals surface area contributed by atoms with E-state index in [1.165, 1.54) is 0 Å². The Morgan fingerprint density at radius 2 is 2.07 bits per heavy atom. The second-order valence-electron chi connectivity index (χ2n) is 3.47. The number of aryl methyl sites for hydroxylation is 1. The molecule has 1 aromatic heterocycles. The fourth-order valence-corrected chi connectivity index (χ4v) is 1.65. The summed E-state index contributed by atoms with van der Waals surface area (Å²) in [5, 5.41) is 7.84. The number of para-hydroxylation sites is 1. The standard InChI is InChI=1S/C11H12ClN3/c1-8-5-3-4-6-10(8)15-11(9(2)12)7-13-14-15/h3-7,9H,1-2H3. The van der Waals surface area contributed by atoms with Gasteiger partial charge in [-0.2, -0.15) is 0 Å². The van der Waals surface area contributed by atoms with Crippen LogP contribution in [0.15, 0.2) is 30.5 Å². The Kier molecular flexibility index (Phi) is 2.73. The summed E-state index contributed by atoms with van der Waals surface area (Å²) in [5.41, 5.74) is 3.09. The summed E-state index contributed by atoms with van der Waals surface area (Å²) in [4.78, 5) is 0. The van der Waals surface area contributed by atoms with Gasteiger partial charge < -0.3 is 0 Å². The number of benzene rings is 1. The lowest BCUT2D eigenvalue weighted by Gasteiger charge is -2.09. The minimum atomic E-state index is -0.0976. The monoisotopic (exact) mass is 221 g/mol. The highest BCUT2D eigenvalue weighted by Gasteiger charge is 2.11. The molecule has 0 aliphatic carbocycles. The molecule has 3 nitrogen and oxygen atoms in total. The van der Waals surface area contributed by atoms with Gasteiger partial charge in [0.25, 0.3) is 0 Å². The molecule has 1 aromatic carbocycles. The first-order valence-electron chi connectivity index (χ1n) is 4.81. The molecule has 0 amide bonds. The highest BCUT2D eigenvalue weighted by molar-refractivity contribution is 6.20. The number of alkyl halides is 1. The van der Waals surface area contributed by atoms with Crippen molar-refractivity contribution in [3.8, 4) is 5.69 Å².